The molecule has 0 saturated heterocycles. The Bertz CT molecular complexity index is 223. The molecule has 0 aliphatic heterocycles. The first-order chi connectivity index (χ1) is 5.33. The topological polar surface area (TPSA) is 12.0 Å². The summed E-state index contributed by atoms with van der Waals surface area (Å²) < 4.78 is 0. The van der Waals surface area contributed by atoms with Crippen molar-refractivity contribution < 1.29 is 0 Å². The van der Waals surface area contributed by atoms with Crippen LogP contribution in [0.5, 0.6) is 0 Å². The van der Waals surface area contributed by atoms with E-state index in [-0.39, 0.29) is 0 Å². The number of hydrogen-bond donors (Lipinski definition) is 1. The van der Waals surface area contributed by atoms with E-state index < -0.39 is 0 Å². The first kappa shape index (κ1) is 8.34. The zero-order chi connectivity index (χ0) is 8.10. The van der Waals surface area contributed by atoms with Crippen molar-refractivity contribution in [2.45, 2.75) is 13.5 Å². The summed E-state index contributed by atoms with van der Waals surface area (Å²) >= 11 is 0. The molecular weight excluding hydrogens is 133 g/mol. The van der Waals surface area contributed by atoms with E-state index >= 15 is 0 Å². The minimum atomic E-state index is 0.984. The molecule has 1 rings (SSSR count). The maximum atomic E-state index is 3.29. The van der Waals surface area contributed by atoms with Crippen molar-refractivity contribution in [2.24, 2.45) is 0 Å². The summed E-state index contributed by atoms with van der Waals surface area (Å²) in [5, 5.41) is 3.29. The average molecular weight is 147 g/mol. The van der Waals surface area contributed by atoms with Crippen molar-refractivity contribution in [1.29, 1.82) is 0 Å². The SMILES string of the molecule is Bc1cccc(CNCC)c1. The van der Waals surface area contributed by atoms with Crippen LogP contribution < -0.4 is 10.8 Å². The van der Waals surface area contributed by atoms with Crippen LogP contribution in [0.1, 0.15) is 12.5 Å². The van der Waals surface area contributed by atoms with Gasteiger partial charge in [0, 0.05) is 6.54 Å². The summed E-state index contributed by atoms with van der Waals surface area (Å²) in [6.07, 6.45) is 0. The van der Waals surface area contributed by atoms with Gasteiger partial charge in [-0.15, -0.1) is 0 Å². The molecule has 0 heterocycles. The minimum Gasteiger partial charge on any atom is -0.313 e. The highest BCUT2D eigenvalue weighted by Gasteiger charge is 1.89. The van der Waals surface area contributed by atoms with E-state index in [1.165, 1.54) is 11.0 Å². The van der Waals surface area contributed by atoms with Gasteiger partial charge in [0.25, 0.3) is 0 Å². The molecule has 0 aliphatic rings. The van der Waals surface area contributed by atoms with E-state index in [1.54, 1.807) is 0 Å². The predicted octanol–water partition coefficient (Wildman–Crippen LogP) is 0.0545. The van der Waals surface area contributed by atoms with E-state index in [9.17, 15) is 0 Å². The van der Waals surface area contributed by atoms with Gasteiger partial charge in [0.15, 0.2) is 0 Å². The molecule has 0 radical (unpaired) electrons. The molecule has 1 aromatic rings. The first-order valence-corrected chi connectivity index (χ1v) is 4.09. The molecule has 11 heavy (non-hydrogen) atoms. The largest absolute Gasteiger partial charge is 0.313 e. The van der Waals surface area contributed by atoms with Crippen LogP contribution in [0, 0.1) is 0 Å². The quantitative estimate of drug-likeness (QED) is 0.596. The summed E-state index contributed by atoms with van der Waals surface area (Å²) in [4.78, 5) is 0. The van der Waals surface area contributed by atoms with Crippen molar-refractivity contribution in [3.8, 4) is 0 Å². The zero-order valence-electron chi connectivity index (χ0n) is 7.22. The Balaban J connectivity index is 2.56. The molecule has 1 N–H and O–H groups in total. The summed E-state index contributed by atoms with van der Waals surface area (Å²) in [7, 11) is 2.12. The summed E-state index contributed by atoms with van der Waals surface area (Å²) in [6.45, 7) is 4.14. The van der Waals surface area contributed by atoms with Gasteiger partial charge in [0.05, 0.1) is 0 Å². The molecule has 0 spiro atoms. The van der Waals surface area contributed by atoms with Crippen LogP contribution in [-0.4, -0.2) is 14.4 Å². The molecule has 2 heteroatoms. The fraction of sp³-hybridized carbons (Fsp3) is 0.333. The lowest BCUT2D eigenvalue weighted by atomic mass is 9.94. The molecule has 0 saturated carbocycles. The highest BCUT2D eigenvalue weighted by Crippen LogP contribution is 1.94. The Morgan fingerprint density at radius 2 is 2.27 bits per heavy atom. The number of hydrogen-bond acceptors (Lipinski definition) is 1. The van der Waals surface area contributed by atoms with E-state index in [2.05, 4.69) is 44.4 Å². The van der Waals surface area contributed by atoms with Gasteiger partial charge in [0.1, 0.15) is 7.85 Å². The molecule has 0 aliphatic carbocycles. The molecule has 0 atom stereocenters. The van der Waals surface area contributed by atoms with Gasteiger partial charge in [-0.2, -0.15) is 0 Å². The number of nitrogens with one attached hydrogen (secondary N) is 1. The lowest BCUT2D eigenvalue weighted by Gasteiger charge is -2.01. The van der Waals surface area contributed by atoms with Crippen molar-refractivity contribution >= 4 is 13.3 Å². The number of benzene rings is 1. The Hall–Kier alpha value is -0.755. The Morgan fingerprint density at radius 1 is 1.45 bits per heavy atom. The fourth-order valence-electron chi connectivity index (χ4n) is 1.09. The van der Waals surface area contributed by atoms with Gasteiger partial charge >= 0.3 is 0 Å². The summed E-state index contributed by atoms with van der Waals surface area (Å²) in [5.41, 5.74) is 2.70. The average Bonchev–Trinajstić information content (AvgIpc) is 2.01. The number of rotatable bonds is 3. The molecule has 0 amide bonds. The van der Waals surface area contributed by atoms with Crippen LogP contribution in [-0.2, 0) is 6.54 Å². The van der Waals surface area contributed by atoms with Crippen LogP contribution in [0.15, 0.2) is 24.3 Å². The van der Waals surface area contributed by atoms with Gasteiger partial charge in [-0.25, -0.2) is 0 Å². The smallest absolute Gasteiger partial charge is 0.139 e. The third kappa shape index (κ3) is 2.77. The van der Waals surface area contributed by atoms with Crippen molar-refractivity contribution in [3.05, 3.63) is 29.8 Å². The molecule has 0 bridgehead atoms. The summed E-state index contributed by atoms with van der Waals surface area (Å²) in [6, 6.07) is 8.58. The van der Waals surface area contributed by atoms with E-state index in [0.29, 0.717) is 0 Å². The molecule has 0 fully saturated rings. The standard InChI is InChI=1S/C9H14BN/c1-2-11-7-8-4-3-5-9(10)6-8/h3-6,11H,2,7,10H2,1H3. The maximum Gasteiger partial charge on any atom is 0.139 e. The molecule has 1 nitrogen and oxygen atoms in total. The Morgan fingerprint density at radius 3 is 2.91 bits per heavy atom. The van der Waals surface area contributed by atoms with Gasteiger partial charge in [0.2, 0.25) is 0 Å². The second-order valence-electron chi connectivity index (χ2n) is 2.77. The van der Waals surface area contributed by atoms with Crippen LogP contribution >= 0.6 is 0 Å². The third-order valence-electron chi connectivity index (χ3n) is 1.66. The van der Waals surface area contributed by atoms with Crippen LogP contribution in [0.2, 0.25) is 0 Å². The monoisotopic (exact) mass is 147 g/mol. The lowest BCUT2D eigenvalue weighted by molar-refractivity contribution is 0.727. The van der Waals surface area contributed by atoms with Crippen LogP contribution in [0.4, 0.5) is 0 Å². The second-order valence-corrected chi connectivity index (χ2v) is 2.77. The molecular formula is C9H14BN. The highest BCUT2D eigenvalue weighted by molar-refractivity contribution is 6.32. The second kappa shape index (κ2) is 4.19. The van der Waals surface area contributed by atoms with Crippen molar-refractivity contribution in [3.63, 3.8) is 0 Å². The molecule has 0 aromatic heterocycles. The van der Waals surface area contributed by atoms with E-state index in [4.69, 9.17) is 0 Å². The van der Waals surface area contributed by atoms with Gasteiger partial charge < -0.3 is 5.32 Å². The first-order valence-electron chi connectivity index (χ1n) is 4.09. The maximum absolute atomic E-state index is 3.29. The minimum absolute atomic E-state index is 0.984. The van der Waals surface area contributed by atoms with Crippen molar-refractivity contribution in [1.82, 2.24) is 5.32 Å². The highest BCUT2D eigenvalue weighted by atomic mass is 14.8. The fourth-order valence-corrected chi connectivity index (χ4v) is 1.09. The normalized spacial score (nSPS) is 9.91. The van der Waals surface area contributed by atoms with Crippen LogP contribution in [0.25, 0.3) is 0 Å². The molecule has 0 unspecified atom stereocenters. The Labute approximate surface area is 69.2 Å². The van der Waals surface area contributed by atoms with E-state index in [0.717, 1.165) is 13.1 Å². The van der Waals surface area contributed by atoms with E-state index in [1.807, 2.05) is 0 Å². The van der Waals surface area contributed by atoms with Crippen LogP contribution in [0.3, 0.4) is 0 Å². The van der Waals surface area contributed by atoms with Gasteiger partial charge in [-0.1, -0.05) is 36.7 Å². The van der Waals surface area contributed by atoms with Crippen molar-refractivity contribution in [2.75, 3.05) is 6.54 Å². The molecule has 1 aromatic carbocycles. The third-order valence-corrected chi connectivity index (χ3v) is 1.66. The summed E-state index contributed by atoms with van der Waals surface area (Å²) in [5.74, 6) is 0. The zero-order valence-corrected chi connectivity index (χ0v) is 7.22. The lowest BCUT2D eigenvalue weighted by Crippen LogP contribution is -2.13. The molecule has 58 valence electrons. The van der Waals surface area contributed by atoms with Gasteiger partial charge in [-0.3, -0.25) is 0 Å². The van der Waals surface area contributed by atoms with Gasteiger partial charge in [-0.05, 0) is 12.1 Å². The predicted molar refractivity (Wildman–Crippen MR) is 52.0 cm³/mol. The Kier molecular flexibility index (Phi) is 3.18.